The Morgan fingerprint density at radius 1 is 1.04 bits per heavy atom. The lowest BCUT2D eigenvalue weighted by Gasteiger charge is -2.10. The summed E-state index contributed by atoms with van der Waals surface area (Å²) in [5, 5.41) is 10.1. The standard InChI is InChI=1S/C17H13BrN2O2S/c1-11-3-5-15(6-4-11)23(21,22)20-14(10-19)9-13-7-12(2)8-16(18)17(13)20/h3-9H,1-2H3. The summed E-state index contributed by atoms with van der Waals surface area (Å²) in [5.41, 5.74) is 2.52. The lowest BCUT2D eigenvalue weighted by atomic mass is 10.2. The van der Waals surface area contributed by atoms with Gasteiger partial charge in [-0.3, -0.25) is 0 Å². The zero-order chi connectivity index (χ0) is 16.8. The minimum absolute atomic E-state index is 0.0897. The van der Waals surface area contributed by atoms with E-state index in [2.05, 4.69) is 15.9 Å². The average molecular weight is 389 g/mol. The first-order valence-corrected chi connectivity index (χ1v) is 9.12. The summed E-state index contributed by atoms with van der Waals surface area (Å²) in [4.78, 5) is 0.157. The van der Waals surface area contributed by atoms with Crippen molar-refractivity contribution in [1.82, 2.24) is 3.97 Å². The first-order valence-electron chi connectivity index (χ1n) is 6.88. The Bertz CT molecular complexity index is 1060. The van der Waals surface area contributed by atoms with Crippen molar-refractivity contribution in [3.63, 3.8) is 0 Å². The van der Waals surface area contributed by atoms with E-state index in [-0.39, 0.29) is 10.6 Å². The van der Waals surface area contributed by atoms with Gasteiger partial charge in [-0.2, -0.15) is 5.26 Å². The van der Waals surface area contributed by atoms with Gasteiger partial charge in [0, 0.05) is 9.86 Å². The fourth-order valence-corrected chi connectivity index (χ4v) is 4.93. The van der Waals surface area contributed by atoms with Crippen LogP contribution in [-0.2, 0) is 10.0 Å². The number of hydrogen-bond donors (Lipinski definition) is 0. The van der Waals surface area contributed by atoms with Crippen LogP contribution in [0.15, 0.2) is 51.8 Å². The Morgan fingerprint density at radius 3 is 2.30 bits per heavy atom. The van der Waals surface area contributed by atoms with E-state index in [9.17, 15) is 13.7 Å². The summed E-state index contributed by atoms with van der Waals surface area (Å²) >= 11 is 3.42. The molecule has 1 aromatic heterocycles. The van der Waals surface area contributed by atoms with Crippen LogP contribution in [-0.4, -0.2) is 12.4 Å². The highest BCUT2D eigenvalue weighted by Gasteiger charge is 2.24. The number of nitriles is 1. The molecule has 0 saturated carbocycles. The monoisotopic (exact) mass is 388 g/mol. The minimum Gasteiger partial charge on any atom is -0.223 e. The molecular weight excluding hydrogens is 376 g/mol. The molecular formula is C17H13BrN2O2S. The molecule has 116 valence electrons. The zero-order valence-corrected chi connectivity index (χ0v) is 14.9. The summed E-state index contributed by atoms with van der Waals surface area (Å²) in [6.07, 6.45) is 0. The number of halogens is 1. The second kappa shape index (κ2) is 5.52. The molecule has 3 aromatic rings. The highest BCUT2D eigenvalue weighted by atomic mass is 79.9. The van der Waals surface area contributed by atoms with Gasteiger partial charge in [-0.25, -0.2) is 12.4 Å². The van der Waals surface area contributed by atoms with Crippen molar-refractivity contribution in [2.45, 2.75) is 18.7 Å². The van der Waals surface area contributed by atoms with Gasteiger partial charge in [0.1, 0.15) is 11.8 Å². The molecule has 23 heavy (non-hydrogen) atoms. The van der Waals surface area contributed by atoms with Crippen molar-refractivity contribution >= 4 is 36.9 Å². The summed E-state index contributed by atoms with van der Waals surface area (Å²) in [7, 11) is -3.85. The molecule has 0 radical (unpaired) electrons. The molecule has 0 spiro atoms. The number of rotatable bonds is 2. The van der Waals surface area contributed by atoms with E-state index in [1.165, 1.54) is 0 Å². The predicted octanol–water partition coefficient (Wildman–Crippen LogP) is 4.13. The normalized spacial score (nSPS) is 11.6. The fraction of sp³-hybridized carbons (Fsp3) is 0.118. The predicted molar refractivity (Wildman–Crippen MR) is 92.9 cm³/mol. The van der Waals surface area contributed by atoms with Crippen molar-refractivity contribution in [2.75, 3.05) is 0 Å². The van der Waals surface area contributed by atoms with Crippen molar-refractivity contribution < 1.29 is 8.42 Å². The lowest BCUT2D eigenvalue weighted by molar-refractivity contribution is 0.588. The van der Waals surface area contributed by atoms with Crippen LogP contribution in [0.4, 0.5) is 0 Å². The van der Waals surface area contributed by atoms with Gasteiger partial charge in [-0.05, 0) is 65.7 Å². The third-order valence-electron chi connectivity index (χ3n) is 3.63. The Balaban J connectivity index is 2.39. The Morgan fingerprint density at radius 2 is 1.70 bits per heavy atom. The van der Waals surface area contributed by atoms with Crippen molar-refractivity contribution in [1.29, 1.82) is 5.26 Å². The molecule has 3 rings (SSSR count). The molecule has 0 bridgehead atoms. The maximum absolute atomic E-state index is 13.0. The molecule has 0 amide bonds. The quantitative estimate of drug-likeness (QED) is 0.662. The number of hydrogen-bond acceptors (Lipinski definition) is 3. The van der Waals surface area contributed by atoms with Crippen LogP contribution in [0.25, 0.3) is 10.9 Å². The van der Waals surface area contributed by atoms with E-state index in [1.54, 1.807) is 30.3 Å². The van der Waals surface area contributed by atoms with Crippen LogP contribution in [0.2, 0.25) is 0 Å². The van der Waals surface area contributed by atoms with Crippen LogP contribution in [0.1, 0.15) is 16.8 Å². The Kier molecular flexibility index (Phi) is 3.78. The van der Waals surface area contributed by atoms with Crippen LogP contribution in [0, 0.1) is 25.2 Å². The van der Waals surface area contributed by atoms with Crippen molar-refractivity contribution in [3.8, 4) is 6.07 Å². The molecule has 2 aromatic carbocycles. The molecule has 0 saturated heterocycles. The third kappa shape index (κ3) is 2.56. The van der Waals surface area contributed by atoms with Crippen LogP contribution in [0.5, 0.6) is 0 Å². The van der Waals surface area contributed by atoms with E-state index in [4.69, 9.17) is 0 Å². The first-order chi connectivity index (χ1) is 10.8. The molecule has 0 N–H and O–H groups in total. The first kappa shape index (κ1) is 15.8. The van der Waals surface area contributed by atoms with Crippen molar-refractivity contribution in [2.24, 2.45) is 0 Å². The highest BCUT2D eigenvalue weighted by molar-refractivity contribution is 9.10. The fourth-order valence-electron chi connectivity index (χ4n) is 2.56. The number of nitrogens with zero attached hydrogens (tertiary/aromatic N) is 2. The van der Waals surface area contributed by atoms with Gasteiger partial charge in [0.2, 0.25) is 0 Å². The molecule has 0 aliphatic heterocycles. The van der Waals surface area contributed by atoms with Gasteiger partial charge < -0.3 is 0 Å². The second-order valence-corrected chi connectivity index (χ2v) is 8.05. The summed E-state index contributed by atoms with van der Waals surface area (Å²) < 4.78 is 27.8. The van der Waals surface area contributed by atoms with Gasteiger partial charge in [0.25, 0.3) is 10.0 Å². The Hall–Kier alpha value is -2.10. The molecule has 0 fully saturated rings. The molecule has 4 nitrogen and oxygen atoms in total. The van der Waals surface area contributed by atoms with Gasteiger partial charge in [0.15, 0.2) is 0 Å². The van der Waals surface area contributed by atoms with Crippen LogP contribution >= 0.6 is 15.9 Å². The molecule has 1 heterocycles. The van der Waals surface area contributed by atoms with Crippen LogP contribution < -0.4 is 0 Å². The maximum atomic E-state index is 13.0. The van der Waals surface area contributed by atoms with E-state index in [0.717, 1.165) is 15.1 Å². The van der Waals surface area contributed by atoms with Gasteiger partial charge in [-0.15, -0.1) is 0 Å². The number of aryl methyl sites for hydroxylation is 2. The summed E-state index contributed by atoms with van der Waals surface area (Å²) in [5.74, 6) is 0. The van der Waals surface area contributed by atoms with E-state index >= 15 is 0 Å². The number of benzene rings is 2. The van der Waals surface area contributed by atoms with E-state index in [0.29, 0.717) is 15.4 Å². The zero-order valence-electron chi connectivity index (χ0n) is 12.5. The summed E-state index contributed by atoms with van der Waals surface area (Å²) in [6.45, 7) is 3.81. The Labute approximate surface area is 143 Å². The van der Waals surface area contributed by atoms with E-state index < -0.39 is 10.0 Å². The number of fused-ring (bicyclic) bond motifs is 1. The third-order valence-corrected chi connectivity index (χ3v) is 5.96. The molecule has 0 aliphatic carbocycles. The van der Waals surface area contributed by atoms with E-state index in [1.807, 2.05) is 32.0 Å². The summed E-state index contributed by atoms with van der Waals surface area (Å²) in [6, 6.07) is 13.9. The minimum atomic E-state index is -3.85. The van der Waals surface area contributed by atoms with Gasteiger partial charge in [0.05, 0.1) is 10.4 Å². The number of aromatic nitrogens is 1. The van der Waals surface area contributed by atoms with Gasteiger partial charge >= 0.3 is 0 Å². The van der Waals surface area contributed by atoms with Crippen molar-refractivity contribution in [3.05, 3.63) is 63.8 Å². The van der Waals surface area contributed by atoms with Gasteiger partial charge in [-0.1, -0.05) is 17.7 Å². The second-order valence-electron chi connectivity index (χ2n) is 5.41. The topological polar surface area (TPSA) is 62.9 Å². The largest absolute Gasteiger partial charge is 0.269 e. The molecule has 0 atom stereocenters. The molecule has 0 unspecified atom stereocenters. The highest BCUT2D eigenvalue weighted by Crippen LogP contribution is 2.32. The lowest BCUT2D eigenvalue weighted by Crippen LogP contribution is -2.14. The maximum Gasteiger partial charge on any atom is 0.269 e. The smallest absolute Gasteiger partial charge is 0.223 e. The molecule has 6 heteroatoms. The molecule has 0 aliphatic rings. The van der Waals surface area contributed by atoms with Crippen LogP contribution in [0.3, 0.4) is 0 Å². The average Bonchev–Trinajstić information content (AvgIpc) is 2.87. The SMILES string of the molecule is Cc1ccc(S(=O)(=O)n2c(C#N)cc3cc(C)cc(Br)c32)cc1.